The maximum atomic E-state index is 13.2. The van der Waals surface area contributed by atoms with Crippen molar-refractivity contribution in [2.24, 2.45) is 5.73 Å². The fourth-order valence-corrected chi connectivity index (χ4v) is 3.41. The standard InChI is InChI=1S/C20H23N3O3/c1-20(12-11-18(24)25)14-22(16-5-3-2-4-6-16)19(26)23(20)17-9-7-15(13-21)8-10-17/h2-10H,11-14,21H2,1H3,(H,24,25). The Morgan fingerprint density at radius 1 is 1.12 bits per heavy atom. The number of hydrogen-bond acceptors (Lipinski definition) is 3. The number of carboxylic acid groups (broad SMARTS) is 1. The summed E-state index contributed by atoms with van der Waals surface area (Å²) >= 11 is 0. The van der Waals surface area contributed by atoms with Crippen LogP contribution in [-0.4, -0.2) is 29.2 Å². The molecule has 0 aromatic heterocycles. The Morgan fingerprint density at radius 3 is 2.35 bits per heavy atom. The van der Waals surface area contributed by atoms with Crippen LogP contribution in [0.25, 0.3) is 0 Å². The van der Waals surface area contributed by atoms with Gasteiger partial charge in [-0.15, -0.1) is 0 Å². The number of carbonyl (C=O) groups is 2. The second-order valence-electron chi connectivity index (χ2n) is 6.80. The number of urea groups is 1. The zero-order valence-electron chi connectivity index (χ0n) is 14.8. The molecule has 1 aliphatic heterocycles. The number of anilines is 2. The molecule has 2 amide bonds. The molecular weight excluding hydrogens is 330 g/mol. The number of carboxylic acids is 1. The highest BCUT2D eigenvalue weighted by atomic mass is 16.4. The Morgan fingerprint density at radius 2 is 1.77 bits per heavy atom. The van der Waals surface area contributed by atoms with Crippen molar-refractivity contribution < 1.29 is 14.7 Å². The van der Waals surface area contributed by atoms with E-state index in [4.69, 9.17) is 10.8 Å². The van der Waals surface area contributed by atoms with E-state index in [2.05, 4.69) is 0 Å². The van der Waals surface area contributed by atoms with Crippen molar-refractivity contribution >= 4 is 23.4 Å². The van der Waals surface area contributed by atoms with Gasteiger partial charge in [-0.3, -0.25) is 14.6 Å². The summed E-state index contributed by atoms with van der Waals surface area (Å²) in [5, 5.41) is 9.13. The summed E-state index contributed by atoms with van der Waals surface area (Å²) in [6.45, 7) is 2.80. The van der Waals surface area contributed by atoms with Crippen LogP contribution in [0, 0.1) is 0 Å². The minimum atomic E-state index is -0.865. The number of nitrogens with two attached hydrogens (primary N) is 1. The molecule has 0 aliphatic carbocycles. The van der Waals surface area contributed by atoms with Crippen molar-refractivity contribution in [2.75, 3.05) is 16.3 Å². The van der Waals surface area contributed by atoms with Crippen molar-refractivity contribution in [3.05, 3.63) is 60.2 Å². The molecule has 0 bridgehead atoms. The Hall–Kier alpha value is -2.86. The lowest BCUT2D eigenvalue weighted by Crippen LogP contribution is -2.45. The predicted molar refractivity (Wildman–Crippen MR) is 101 cm³/mol. The molecule has 1 saturated heterocycles. The lowest BCUT2D eigenvalue weighted by molar-refractivity contribution is -0.137. The molecule has 136 valence electrons. The summed E-state index contributed by atoms with van der Waals surface area (Å²) < 4.78 is 0. The number of para-hydroxylation sites is 1. The highest BCUT2D eigenvalue weighted by molar-refractivity contribution is 6.07. The van der Waals surface area contributed by atoms with Gasteiger partial charge >= 0.3 is 12.0 Å². The van der Waals surface area contributed by atoms with E-state index in [1.165, 1.54) is 0 Å². The Labute approximate surface area is 152 Å². The van der Waals surface area contributed by atoms with Gasteiger partial charge in [0.15, 0.2) is 0 Å². The Bertz CT molecular complexity index is 792. The number of carbonyl (C=O) groups excluding carboxylic acids is 1. The largest absolute Gasteiger partial charge is 0.481 e. The number of nitrogens with zero attached hydrogens (tertiary/aromatic N) is 2. The fraction of sp³-hybridized carbons (Fsp3) is 0.300. The molecule has 1 atom stereocenters. The van der Waals surface area contributed by atoms with Crippen molar-refractivity contribution in [1.82, 2.24) is 0 Å². The molecule has 2 aromatic rings. The molecule has 1 unspecified atom stereocenters. The Balaban J connectivity index is 1.98. The first kappa shape index (κ1) is 17.9. The molecule has 0 radical (unpaired) electrons. The van der Waals surface area contributed by atoms with Gasteiger partial charge in [0.2, 0.25) is 0 Å². The van der Waals surface area contributed by atoms with Gasteiger partial charge in [-0.1, -0.05) is 30.3 Å². The molecule has 2 aromatic carbocycles. The molecule has 6 nitrogen and oxygen atoms in total. The van der Waals surface area contributed by atoms with Crippen LogP contribution in [0.3, 0.4) is 0 Å². The summed E-state index contributed by atoms with van der Waals surface area (Å²) in [7, 11) is 0. The van der Waals surface area contributed by atoms with Crippen LogP contribution in [0.15, 0.2) is 54.6 Å². The van der Waals surface area contributed by atoms with E-state index in [-0.39, 0.29) is 12.5 Å². The molecule has 1 aliphatic rings. The van der Waals surface area contributed by atoms with E-state index in [1.807, 2.05) is 61.5 Å². The monoisotopic (exact) mass is 353 g/mol. The molecule has 0 saturated carbocycles. The third-order valence-electron chi connectivity index (χ3n) is 4.84. The summed E-state index contributed by atoms with van der Waals surface area (Å²) in [6, 6.07) is 16.8. The number of rotatable bonds is 6. The molecule has 1 fully saturated rings. The average molecular weight is 353 g/mol. The highest BCUT2D eigenvalue weighted by Crippen LogP contribution is 2.37. The molecule has 3 rings (SSSR count). The normalized spacial score (nSPS) is 19.8. The minimum Gasteiger partial charge on any atom is -0.481 e. The van der Waals surface area contributed by atoms with Crippen molar-refractivity contribution in [3.8, 4) is 0 Å². The second kappa shape index (κ2) is 7.17. The molecule has 6 heteroatoms. The topological polar surface area (TPSA) is 86.9 Å². The van der Waals surface area contributed by atoms with E-state index in [0.717, 1.165) is 16.9 Å². The minimum absolute atomic E-state index is 0.00376. The maximum absolute atomic E-state index is 13.2. The lowest BCUT2D eigenvalue weighted by atomic mass is 9.94. The third-order valence-corrected chi connectivity index (χ3v) is 4.84. The highest BCUT2D eigenvalue weighted by Gasteiger charge is 2.47. The molecule has 0 spiro atoms. The number of hydrogen-bond donors (Lipinski definition) is 2. The Kier molecular flexibility index (Phi) is 4.95. The zero-order valence-corrected chi connectivity index (χ0v) is 14.8. The first-order chi connectivity index (χ1) is 12.4. The lowest BCUT2D eigenvalue weighted by Gasteiger charge is -2.33. The van der Waals surface area contributed by atoms with Crippen LogP contribution in [0.5, 0.6) is 0 Å². The molecule has 26 heavy (non-hydrogen) atoms. The second-order valence-corrected chi connectivity index (χ2v) is 6.80. The molecule has 1 heterocycles. The maximum Gasteiger partial charge on any atom is 0.329 e. The summed E-state index contributed by atoms with van der Waals surface area (Å²) in [4.78, 5) is 27.7. The van der Waals surface area contributed by atoms with Gasteiger partial charge in [-0.05, 0) is 43.2 Å². The number of aliphatic carboxylic acids is 1. The molecule has 3 N–H and O–H groups in total. The zero-order chi connectivity index (χ0) is 18.7. The summed E-state index contributed by atoms with van der Waals surface area (Å²) in [6.07, 6.45) is 0.375. The van der Waals surface area contributed by atoms with E-state index in [1.54, 1.807) is 9.80 Å². The van der Waals surface area contributed by atoms with Gasteiger partial charge < -0.3 is 10.8 Å². The smallest absolute Gasteiger partial charge is 0.329 e. The fourth-order valence-electron chi connectivity index (χ4n) is 3.41. The summed E-state index contributed by atoms with van der Waals surface area (Å²) in [5.41, 5.74) is 7.58. The van der Waals surface area contributed by atoms with Gasteiger partial charge in [0.1, 0.15) is 0 Å². The van der Waals surface area contributed by atoms with Crippen LogP contribution < -0.4 is 15.5 Å². The quantitative estimate of drug-likeness (QED) is 0.835. The van der Waals surface area contributed by atoms with E-state index in [0.29, 0.717) is 19.5 Å². The van der Waals surface area contributed by atoms with E-state index < -0.39 is 11.5 Å². The van der Waals surface area contributed by atoms with Crippen LogP contribution in [0.2, 0.25) is 0 Å². The first-order valence-corrected chi connectivity index (χ1v) is 8.62. The number of amides is 2. The van der Waals surface area contributed by atoms with Gasteiger partial charge in [-0.25, -0.2) is 4.79 Å². The average Bonchev–Trinajstić information content (AvgIpc) is 2.92. The van der Waals surface area contributed by atoms with Crippen LogP contribution in [0.1, 0.15) is 25.3 Å². The number of benzene rings is 2. The first-order valence-electron chi connectivity index (χ1n) is 8.62. The SMILES string of the molecule is CC1(CCC(=O)O)CN(c2ccccc2)C(=O)N1c1ccc(CN)cc1. The van der Waals surface area contributed by atoms with Crippen molar-refractivity contribution in [3.63, 3.8) is 0 Å². The van der Waals surface area contributed by atoms with Gasteiger partial charge in [-0.2, -0.15) is 0 Å². The predicted octanol–water partition coefficient (Wildman–Crippen LogP) is 3.22. The van der Waals surface area contributed by atoms with Crippen molar-refractivity contribution in [2.45, 2.75) is 31.8 Å². The molecular formula is C20H23N3O3. The van der Waals surface area contributed by atoms with Crippen LogP contribution in [0.4, 0.5) is 16.2 Å². The summed E-state index contributed by atoms with van der Waals surface area (Å²) in [5.74, 6) is -0.865. The van der Waals surface area contributed by atoms with Gasteiger partial charge in [0, 0.05) is 24.3 Å². The van der Waals surface area contributed by atoms with E-state index >= 15 is 0 Å². The van der Waals surface area contributed by atoms with Crippen molar-refractivity contribution in [1.29, 1.82) is 0 Å². The van der Waals surface area contributed by atoms with Crippen LogP contribution in [-0.2, 0) is 11.3 Å². The van der Waals surface area contributed by atoms with Gasteiger partial charge in [0.25, 0.3) is 0 Å². The van der Waals surface area contributed by atoms with Gasteiger partial charge in [0.05, 0.1) is 12.1 Å². The van der Waals surface area contributed by atoms with E-state index in [9.17, 15) is 9.59 Å². The van der Waals surface area contributed by atoms with Crippen LogP contribution >= 0.6 is 0 Å². The third kappa shape index (κ3) is 3.41.